The third-order valence-electron chi connectivity index (χ3n) is 6.15. The van der Waals surface area contributed by atoms with Gasteiger partial charge in [0.1, 0.15) is 12.7 Å². The third kappa shape index (κ3) is 16.8. The van der Waals surface area contributed by atoms with Crippen LogP contribution < -0.4 is 0 Å². The molecule has 0 saturated heterocycles. The molecular formula is C28H48O6S. The lowest BCUT2D eigenvalue weighted by Crippen LogP contribution is -2.25. The average molecular weight is 513 g/mol. The number of rotatable bonds is 22. The molecule has 35 heavy (non-hydrogen) atoms. The maximum atomic E-state index is 12.1. The third-order valence-corrected chi connectivity index (χ3v) is 7.44. The van der Waals surface area contributed by atoms with Gasteiger partial charge in [-0.1, -0.05) is 115 Å². The molecule has 0 spiro atoms. The van der Waals surface area contributed by atoms with Crippen molar-refractivity contribution in [1.82, 2.24) is 0 Å². The molecule has 0 amide bonds. The van der Waals surface area contributed by atoms with Gasteiger partial charge in [0, 0.05) is 6.42 Å². The van der Waals surface area contributed by atoms with Gasteiger partial charge < -0.3 is 9.84 Å². The zero-order valence-corrected chi connectivity index (χ0v) is 22.8. The fraction of sp³-hybridized carbons (Fsp3) is 0.750. The topological polar surface area (TPSA) is 89.9 Å². The number of benzene rings is 1. The Labute approximate surface area is 213 Å². The molecule has 0 radical (unpaired) electrons. The Morgan fingerprint density at radius 2 is 1.23 bits per heavy atom. The van der Waals surface area contributed by atoms with Crippen LogP contribution in [0.1, 0.15) is 115 Å². The van der Waals surface area contributed by atoms with E-state index in [0.717, 1.165) is 24.8 Å². The molecule has 0 aliphatic rings. The lowest BCUT2D eigenvalue weighted by atomic mass is 10.0. The predicted molar refractivity (Wildman–Crippen MR) is 141 cm³/mol. The number of carbonyl (C=O) groups excluding carboxylic acids is 1. The molecule has 0 unspecified atom stereocenters. The highest BCUT2D eigenvalue weighted by Crippen LogP contribution is 2.15. The second-order valence-corrected chi connectivity index (χ2v) is 11.2. The number of aliphatic hydroxyl groups is 1. The summed E-state index contributed by atoms with van der Waals surface area (Å²) in [5.41, 5.74) is 0.935. The van der Waals surface area contributed by atoms with Crippen LogP contribution in [-0.2, 0) is 23.8 Å². The zero-order chi connectivity index (χ0) is 25.8. The van der Waals surface area contributed by atoms with E-state index in [-0.39, 0.29) is 17.5 Å². The van der Waals surface area contributed by atoms with Gasteiger partial charge in [-0.15, -0.1) is 0 Å². The summed E-state index contributed by atoms with van der Waals surface area (Å²) in [6, 6.07) is 6.25. The SMILES string of the molecule is CCCCCCCCCCCCCCCCCC(=O)OC[C@H](O)COS(=O)(=O)c1ccc(C)cc1. The van der Waals surface area contributed by atoms with Crippen LogP contribution in [0.3, 0.4) is 0 Å². The van der Waals surface area contributed by atoms with Crippen LogP contribution in [0, 0.1) is 6.92 Å². The molecule has 0 saturated carbocycles. The molecule has 0 heterocycles. The highest BCUT2D eigenvalue weighted by atomic mass is 32.2. The predicted octanol–water partition coefficient (Wildman–Crippen LogP) is 6.87. The monoisotopic (exact) mass is 512 g/mol. The Bertz CT molecular complexity index is 760. The van der Waals surface area contributed by atoms with Crippen LogP contribution in [0.2, 0.25) is 0 Å². The number of aryl methyl sites for hydroxylation is 1. The number of ether oxygens (including phenoxy) is 1. The van der Waals surface area contributed by atoms with E-state index in [4.69, 9.17) is 8.92 Å². The molecule has 1 rings (SSSR count). The summed E-state index contributed by atoms with van der Waals surface area (Å²) >= 11 is 0. The zero-order valence-electron chi connectivity index (χ0n) is 22.0. The summed E-state index contributed by atoms with van der Waals surface area (Å²) in [7, 11) is -3.95. The lowest BCUT2D eigenvalue weighted by Gasteiger charge is -2.12. The van der Waals surface area contributed by atoms with Crippen molar-refractivity contribution in [1.29, 1.82) is 0 Å². The summed E-state index contributed by atoms with van der Waals surface area (Å²) in [6.45, 7) is 3.38. The highest BCUT2D eigenvalue weighted by molar-refractivity contribution is 7.86. The first-order valence-corrected chi connectivity index (χ1v) is 15.1. The minimum Gasteiger partial charge on any atom is -0.463 e. The van der Waals surface area contributed by atoms with E-state index >= 15 is 0 Å². The van der Waals surface area contributed by atoms with Gasteiger partial charge in [0.05, 0.1) is 11.5 Å². The van der Waals surface area contributed by atoms with Gasteiger partial charge in [0.25, 0.3) is 10.1 Å². The van der Waals surface area contributed by atoms with Crippen molar-refractivity contribution in [2.75, 3.05) is 13.2 Å². The fourth-order valence-electron chi connectivity index (χ4n) is 3.89. The fourth-order valence-corrected chi connectivity index (χ4v) is 4.83. The van der Waals surface area contributed by atoms with Gasteiger partial charge in [0.2, 0.25) is 0 Å². The van der Waals surface area contributed by atoms with Gasteiger partial charge in [0.15, 0.2) is 0 Å². The first-order chi connectivity index (χ1) is 16.8. The van der Waals surface area contributed by atoms with Crippen LogP contribution in [-0.4, -0.2) is 38.8 Å². The van der Waals surface area contributed by atoms with E-state index in [1.54, 1.807) is 12.1 Å². The Kier molecular flexibility index (Phi) is 17.8. The van der Waals surface area contributed by atoms with Crippen molar-refractivity contribution in [2.24, 2.45) is 0 Å². The minimum absolute atomic E-state index is 0.0282. The molecule has 1 aromatic carbocycles. The van der Waals surface area contributed by atoms with Crippen molar-refractivity contribution in [3.8, 4) is 0 Å². The molecule has 0 fully saturated rings. The molecule has 1 N–H and O–H groups in total. The van der Waals surface area contributed by atoms with Crippen molar-refractivity contribution in [3.05, 3.63) is 29.8 Å². The van der Waals surface area contributed by atoms with E-state index in [0.29, 0.717) is 6.42 Å². The normalized spacial score (nSPS) is 12.5. The standard InChI is InChI=1S/C28H48O6S/c1-3-4-5-6-7-8-9-10-11-12-13-14-15-16-17-18-28(30)33-23-26(29)24-34-35(31,32)27-21-19-25(2)20-22-27/h19-22,26,29H,3-18,23-24H2,1-2H3/t26-/m0/s1. The molecule has 0 aliphatic carbocycles. The average Bonchev–Trinajstić information content (AvgIpc) is 2.84. The summed E-state index contributed by atoms with van der Waals surface area (Å²) in [6.07, 6.45) is 18.1. The maximum Gasteiger partial charge on any atom is 0.305 e. The molecular weight excluding hydrogens is 464 g/mol. The molecule has 0 aliphatic heterocycles. The maximum absolute atomic E-state index is 12.1. The lowest BCUT2D eigenvalue weighted by molar-refractivity contribution is -0.147. The minimum atomic E-state index is -3.95. The largest absolute Gasteiger partial charge is 0.463 e. The molecule has 7 heteroatoms. The van der Waals surface area contributed by atoms with E-state index in [1.165, 1.54) is 89.2 Å². The van der Waals surface area contributed by atoms with Crippen LogP contribution in [0.25, 0.3) is 0 Å². The van der Waals surface area contributed by atoms with Crippen molar-refractivity contribution in [2.45, 2.75) is 128 Å². The van der Waals surface area contributed by atoms with Gasteiger partial charge >= 0.3 is 5.97 Å². The van der Waals surface area contributed by atoms with E-state index in [2.05, 4.69) is 6.92 Å². The van der Waals surface area contributed by atoms with Crippen LogP contribution in [0.4, 0.5) is 0 Å². The van der Waals surface area contributed by atoms with Crippen LogP contribution in [0.15, 0.2) is 29.2 Å². The van der Waals surface area contributed by atoms with Crippen molar-refractivity contribution >= 4 is 16.1 Å². The Morgan fingerprint density at radius 3 is 1.71 bits per heavy atom. The van der Waals surface area contributed by atoms with Crippen molar-refractivity contribution < 1.29 is 27.2 Å². The quantitative estimate of drug-likeness (QED) is 0.104. The number of carbonyl (C=O) groups is 1. The van der Waals surface area contributed by atoms with E-state index in [1.807, 2.05) is 6.92 Å². The number of hydrogen-bond acceptors (Lipinski definition) is 6. The number of hydrogen-bond donors (Lipinski definition) is 1. The van der Waals surface area contributed by atoms with Crippen molar-refractivity contribution in [3.63, 3.8) is 0 Å². The van der Waals surface area contributed by atoms with Crippen LogP contribution >= 0.6 is 0 Å². The second kappa shape index (κ2) is 19.7. The Morgan fingerprint density at radius 1 is 0.771 bits per heavy atom. The summed E-state index contributed by atoms with van der Waals surface area (Å²) in [5.74, 6) is -0.375. The summed E-state index contributed by atoms with van der Waals surface area (Å²) in [4.78, 5) is 11.9. The smallest absolute Gasteiger partial charge is 0.305 e. The van der Waals surface area contributed by atoms with Crippen LogP contribution in [0.5, 0.6) is 0 Å². The summed E-state index contributed by atoms with van der Waals surface area (Å²) in [5, 5.41) is 9.89. The van der Waals surface area contributed by atoms with Gasteiger partial charge in [-0.05, 0) is 25.5 Å². The molecule has 1 aromatic rings. The van der Waals surface area contributed by atoms with E-state index < -0.39 is 22.8 Å². The molecule has 202 valence electrons. The van der Waals surface area contributed by atoms with Gasteiger partial charge in [-0.3, -0.25) is 8.98 Å². The molecule has 0 aromatic heterocycles. The first kappa shape index (κ1) is 31.6. The molecule has 6 nitrogen and oxygen atoms in total. The van der Waals surface area contributed by atoms with Gasteiger partial charge in [-0.2, -0.15) is 8.42 Å². The van der Waals surface area contributed by atoms with Gasteiger partial charge in [-0.25, -0.2) is 0 Å². The number of aliphatic hydroxyl groups excluding tert-OH is 1. The highest BCUT2D eigenvalue weighted by Gasteiger charge is 2.18. The second-order valence-electron chi connectivity index (χ2n) is 9.59. The first-order valence-electron chi connectivity index (χ1n) is 13.6. The Balaban J connectivity index is 1.94. The number of esters is 1. The van der Waals surface area contributed by atoms with E-state index in [9.17, 15) is 18.3 Å². The Hall–Kier alpha value is -1.44. The number of unbranched alkanes of at least 4 members (excludes halogenated alkanes) is 14. The summed E-state index contributed by atoms with van der Waals surface area (Å²) < 4.78 is 34.1. The molecule has 1 atom stereocenters. The molecule has 0 bridgehead atoms.